The summed E-state index contributed by atoms with van der Waals surface area (Å²) in [7, 11) is 0. The highest BCUT2D eigenvalue weighted by molar-refractivity contribution is 9.10. The maximum Gasteiger partial charge on any atom is 0.204 e. The summed E-state index contributed by atoms with van der Waals surface area (Å²) < 4.78 is 6.54. The van der Waals surface area contributed by atoms with Gasteiger partial charge in [-0.1, -0.05) is 15.9 Å². The van der Waals surface area contributed by atoms with Crippen molar-refractivity contribution >= 4 is 33.4 Å². The number of thioether (sulfide) groups is 1. The van der Waals surface area contributed by atoms with Crippen LogP contribution < -0.4 is 5.73 Å². The Morgan fingerprint density at radius 2 is 2.18 bits per heavy atom. The van der Waals surface area contributed by atoms with Crippen molar-refractivity contribution in [3.8, 4) is 0 Å². The van der Waals surface area contributed by atoms with Crippen LogP contribution in [0.3, 0.4) is 0 Å². The number of aromatic nitrogens is 1. The smallest absolute Gasteiger partial charge is 0.204 e. The van der Waals surface area contributed by atoms with E-state index in [4.69, 9.17) is 10.2 Å². The first-order valence-corrected chi connectivity index (χ1v) is 6.95. The highest BCUT2D eigenvalue weighted by Crippen LogP contribution is 2.30. The van der Waals surface area contributed by atoms with Crippen LogP contribution in [0.4, 0.5) is 5.69 Å². The van der Waals surface area contributed by atoms with Gasteiger partial charge in [-0.25, -0.2) is 4.98 Å². The number of rotatable bonds is 3. The highest BCUT2D eigenvalue weighted by atomic mass is 79.9. The molecule has 90 valence electrons. The molecule has 1 aromatic heterocycles. The predicted octanol–water partition coefficient (Wildman–Crippen LogP) is 3.93. The van der Waals surface area contributed by atoms with E-state index in [2.05, 4.69) is 20.9 Å². The quantitative estimate of drug-likeness (QED) is 0.689. The van der Waals surface area contributed by atoms with Crippen molar-refractivity contribution in [3.05, 3.63) is 40.0 Å². The second-order valence-corrected chi connectivity index (χ2v) is 5.65. The van der Waals surface area contributed by atoms with Crippen LogP contribution in [-0.4, -0.2) is 4.98 Å². The molecule has 2 aromatic rings. The lowest BCUT2D eigenvalue weighted by atomic mass is 10.3. The second-order valence-electron chi connectivity index (χ2n) is 3.72. The minimum absolute atomic E-state index is 0.690. The van der Waals surface area contributed by atoms with Gasteiger partial charge in [0.15, 0.2) is 0 Å². The van der Waals surface area contributed by atoms with E-state index in [1.165, 1.54) is 0 Å². The molecular formula is C12H13BrN2OS. The van der Waals surface area contributed by atoms with Crippen molar-refractivity contribution in [3.63, 3.8) is 0 Å². The zero-order chi connectivity index (χ0) is 12.4. The molecule has 0 saturated heterocycles. The Morgan fingerprint density at radius 1 is 1.41 bits per heavy atom. The third-order valence-electron chi connectivity index (χ3n) is 2.40. The van der Waals surface area contributed by atoms with Crippen molar-refractivity contribution in [2.45, 2.75) is 24.5 Å². The fourth-order valence-corrected chi connectivity index (χ4v) is 2.73. The van der Waals surface area contributed by atoms with Gasteiger partial charge in [0.25, 0.3) is 0 Å². The maximum absolute atomic E-state index is 5.90. The van der Waals surface area contributed by atoms with Gasteiger partial charge < -0.3 is 10.2 Å². The Bertz CT molecular complexity index is 520. The Labute approximate surface area is 113 Å². The summed E-state index contributed by atoms with van der Waals surface area (Å²) in [5.41, 5.74) is 7.62. The Morgan fingerprint density at radius 3 is 2.82 bits per heavy atom. The van der Waals surface area contributed by atoms with E-state index >= 15 is 0 Å². The number of oxazole rings is 1. The third-order valence-corrected chi connectivity index (χ3v) is 3.95. The first kappa shape index (κ1) is 12.5. The standard InChI is InChI=1S/C12H13BrN2OS/c1-7-8(2)16-12(15-7)6-17-11-5-9(13)3-4-10(11)14/h3-5H,6,14H2,1-2H3. The molecule has 0 radical (unpaired) electrons. The van der Waals surface area contributed by atoms with Crippen LogP contribution >= 0.6 is 27.7 Å². The number of benzene rings is 1. The number of hydrogen-bond donors (Lipinski definition) is 1. The van der Waals surface area contributed by atoms with Gasteiger partial charge in [-0.2, -0.15) is 0 Å². The number of hydrogen-bond acceptors (Lipinski definition) is 4. The number of nitrogens with two attached hydrogens (primary N) is 1. The summed E-state index contributed by atoms with van der Waals surface area (Å²) in [6.45, 7) is 3.87. The van der Waals surface area contributed by atoms with Crippen molar-refractivity contribution in [1.82, 2.24) is 4.98 Å². The summed E-state index contributed by atoms with van der Waals surface area (Å²) >= 11 is 5.06. The first-order chi connectivity index (χ1) is 8.06. The van der Waals surface area contributed by atoms with E-state index in [9.17, 15) is 0 Å². The lowest BCUT2D eigenvalue weighted by Gasteiger charge is -2.04. The molecule has 0 aliphatic carbocycles. The van der Waals surface area contributed by atoms with Crippen LogP contribution in [0.15, 0.2) is 32.0 Å². The topological polar surface area (TPSA) is 52.0 Å². The van der Waals surface area contributed by atoms with Crippen molar-refractivity contribution < 1.29 is 4.42 Å². The molecule has 0 bridgehead atoms. The fraction of sp³-hybridized carbons (Fsp3) is 0.250. The zero-order valence-corrected chi connectivity index (χ0v) is 12.1. The summed E-state index contributed by atoms with van der Waals surface area (Å²) in [5, 5.41) is 0. The van der Waals surface area contributed by atoms with E-state index in [0.29, 0.717) is 5.75 Å². The van der Waals surface area contributed by atoms with Crippen LogP contribution in [0, 0.1) is 13.8 Å². The average molecular weight is 313 g/mol. The van der Waals surface area contributed by atoms with Crippen molar-refractivity contribution in [1.29, 1.82) is 0 Å². The van der Waals surface area contributed by atoms with E-state index in [-0.39, 0.29) is 0 Å². The predicted molar refractivity (Wildman–Crippen MR) is 74.1 cm³/mol. The summed E-state index contributed by atoms with van der Waals surface area (Å²) in [6.07, 6.45) is 0. The molecule has 2 N–H and O–H groups in total. The van der Waals surface area contributed by atoms with Crippen molar-refractivity contribution in [2.24, 2.45) is 0 Å². The molecular weight excluding hydrogens is 300 g/mol. The maximum atomic E-state index is 5.90. The number of aryl methyl sites for hydroxylation is 2. The Kier molecular flexibility index (Phi) is 3.79. The minimum atomic E-state index is 0.690. The molecule has 0 saturated carbocycles. The number of halogens is 1. The van der Waals surface area contributed by atoms with Gasteiger partial charge in [0.05, 0.1) is 11.4 Å². The van der Waals surface area contributed by atoms with E-state index in [1.807, 2.05) is 32.0 Å². The Balaban J connectivity index is 2.09. The second kappa shape index (κ2) is 5.14. The molecule has 0 aliphatic heterocycles. The van der Waals surface area contributed by atoms with Gasteiger partial charge in [-0.15, -0.1) is 11.8 Å². The molecule has 2 rings (SSSR count). The molecule has 0 aliphatic rings. The summed E-state index contributed by atoms with van der Waals surface area (Å²) in [4.78, 5) is 5.37. The molecule has 0 atom stereocenters. The van der Waals surface area contributed by atoms with Gasteiger partial charge in [0, 0.05) is 15.1 Å². The van der Waals surface area contributed by atoms with Crippen LogP contribution in [0.5, 0.6) is 0 Å². The van der Waals surface area contributed by atoms with Crippen LogP contribution in [0.1, 0.15) is 17.3 Å². The van der Waals surface area contributed by atoms with Gasteiger partial charge in [0.2, 0.25) is 5.89 Å². The Hall–Kier alpha value is -0.940. The molecule has 0 amide bonds. The normalized spacial score (nSPS) is 10.8. The third kappa shape index (κ3) is 3.04. The van der Waals surface area contributed by atoms with Gasteiger partial charge in [0.1, 0.15) is 5.76 Å². The SMILES string of the molecule is Cc1nc(CSc2cc(Br)ccc2N)oc1C. The molecule has 0 unspecified atom stereocenters. The molecule has 1 aromatic carbocycles. The molecule has 5 heteroatoms. The minimum Gasteiger partial charge on any atom is -0.445 e. The van der Waals surface area contributed by atoms with Gasteiger partial charge in [-0.3, -0.25) is 0 Å². The van der Waals surface area contributed by atoms with Crippen LogP contribution in [0.2, 0.25) is 0 Å². The van der Waals surface area contributed by atoms with Gasteiger partial charge in [-0.05, 0) is 32.0 Å². The lowest BCUT2D eigenvalue weighted by Crippen LogP contribution is -1.89. The van der Waals surface area contributed by atoms with Crippen LogP contribution in [-0.2, 0) is 5.75 Å². The summed E-state index contributed by atoms with van der Waals surface area (Å²) in [5.74, 6) is 2.31. The van der Waals surface area contributed by atoms with E-state index in [0.717, 1.165) is 32.4 Å². The molecule has 17 heavy (non-hydrogen) atoms. The number of nitrogen functional groups attached to an aromatic ring is 1. The van der Waals surface area contributed by atoms with E-state index < -0.39 is 0 Å². The first-order valence-electron chi connectivity index (χ1n) is 5.17. The molecule has 3 nitrogen and oxygen atoms in total. The molecule has 0 spiro atoms. The van der Waals surface area contributed by atoms with Gasteiger partial charge >= 0.3 is 0 Å². The number of nitrogens with zero attached hydrogens (tertiary/aromatic N) is 1. The highest BCUT2D eigenvalue weighted by Gasteiger charge is 2.07. The van der Waals surface area contributed by atoms with Crippen molar-refractivity contribution in [2.75, 3.05) is 5.73 Å². The average Bonchev–Trinajstić information content (AvgIpc) is 2.60. The summed E-state index contributed by atoms with van der Waals surface area (Å²) in [6, 6.07) is 5.82. The van der Waals surface area contributed by atoms with E-state index in [1.54, 1.807) is 11.8 Å². The largest absolute Gasteiger partial charge is 0.445 e. The molecule has 0 fully saturated rings. The zero-order valence-electron chi connectivity index (χ0n) is 9.66. The lowest BCUT2D eigenvalue weighted by molar-refractivity contribution is 0.489. The number of anilines is 1. The monoisotopic (exact) mass is 312 g/mol. The van der Waals surface area contributed by atoms with Crippen LogP contribution in [0.25, 0.3) is 0 Å². The molecule has 1 heterocycles. The fourth-order valence-electron chi connectivity index (χ4n) is 1.37.